The minimum atomic E-state index is -1.20. The smallest absolute Gasteiger partial charge is 0.405 e. The summed E-state index contributed by atoms with van der Waals surface area (Å²) in [7, 11) is 1.51. The van der Waals surface area contributed by atoms with Crippen LogP contribution in [0.4, 0.5) is 4.79 Å². The molecule has 1 aliphatic rings. The molecule has 1 aliphatic heterocycles. The van der Waals surface area contributed by atoms with Crippen molar-refractivity contribution in [1.82, 2.24) is 5.32 Å². The van der Waals surface area contributed by atoms with Gasteiger partial charge in [0.25, 0.3) is 0 Å². The minimum absolute atomic E-state index is 0.0666. The average molecular weight is 478 g/mol. The lowest BCUT2D eigenvalue weighted by molar-refractivity contribution is 0.0573. The van der Waals surface area contributed by atoms with Gasteiger partial charge in [-0.3, -0.25) is 0 Å². The van der Waals surface area contributed by atoms with Gasteiger partial charge in [0, 0.05) is 12.7 Å². The van der Waals surface area contributed by atoms with E-state index in [1.807, 2.05) is 30.3 Å². The second-order valence-corrected chi connectivity index (χ2v) is 7.82. The zero-order valence-electron chi connectivity index (χ0n) is 15.1. The second kappa shape index (κ2) is 8.98. The highest BCUT2D eigenvalue weighted by atomic mass is 35.5. The maximum absolute atomic E-state index is 10.9. The maximum atomic E-state index is 10.9. The molecule has 2 N–H and O–H groups in total. The van der Waals surface area contributed by atoms with Crippen LogP contribution < -0.4 is 5.32 Å². The molecular weight excluding hydrogens is 462 g/mol. The Morgan fingerprint density at radius 2 is 1.90 bits per heavy atom. The summed E-state index contributed by atoms with van der Waals surface area (Å²) in [6, 6.07) is 10.9. The van der Waals surface area contributed by atoms with Gasteiger partial charge in [-0.05, 0) is 11.6 Å². The van der Waals surface area contributed by atoms with Gasteiger partial charge in [0.1, 0.15) is 0 Å². The quantitative estimate of drug-likeness (QED) is 0.420. The van der Waals surface area contributed by atoms with Crippen molar-refractivity contribution in [3.63, 3.8) is 0 Å². The van der Waals surface area contributed by atoms with E-state index in [1.54, 1.807) is 6.07 Å². The monoisotopic (exact) mass is 476 g/mol. The molecule has 1 amide bonds. The highest BCUT2D eigenvalue weighted by Gasteiger charge is 2.50. The SMILES string of the molecule is COCC1(c2cc(Cl)c(Cl)c(Cl)c2Cl)N=C(CNC(=O)O)OC1c1ccccc1. The standard InChI is InChI=1S/C19H16Cl4N2O4/c1-28-9-19(11-7-12(20)15(22)16(23)14(11)21)17(10-5-3-2-4-6-10)29-13(25-19)8-24-18(26)27/h2-7,17,24H,8-9H2,1H3,(H,26,27). The van der Waals surface area contributed by atoms with Gasteiger partial charge in [0.15, 0.2) is 11.6 Å². The molecule has 0 aliphatic carbocycles. The molecule has 2 atom stereocenters. The number of nitrogens with one attached hydrogen (secondary N) is 1. The fraction of sp³-hybridized carbons (Fsp3) is 0.263. The molecule has 29 heavy (non-hydrogen) atoms. The third-order valence-corrected chi connectivity index (χ3v) is 6.19. The second-order valence-electron chi connectivity index (χ2n) is 6.28. The van der Waals surface area contributed by atoms with Crippen LogP contribution in [0.2, 0.25) is 20.1 Å². The van der Waals surface area contributed by atoms with E-state index in [4.69, 9.17) is 61.0 Å². The Morgan fingerprint density at radius 3 is 2.52 bits per heavy atom. The number of aliphatic imine (C=N–C) groups is 1. The zero-order chi connectivity index (χ0) is 21.2. The summed E-state index contributed by atoms with van der Waals surface area (Å²) in [6.07, 6.45) is -1.87. The molecule has 6 nitrogen and oxygen atoms in total. The van der Waals surface area contributed by atoms with E-state index in [0.29, 0.717) is 5.56 Å². The normalized spacial score (nSPS) is 20.9. The molecule has 0 saturated carbocycles. The first-order chi connectivity index (χ1) is 13.8. The number of carboxylic acid groups (broad SMARTS) is 1. The van der Waals surface area contributed by atoms with E-state index in [2.05, 4.69) is 10.3 Å². The van der Waals surface area contributed by atoms with Crippen molar-refractivity contribution in [3.05, 3.63) is 67.6 Å². The van der Waals surface area contributed by atoms with Crippen molar-refractivity contribution in [2.75, 3.05) is 20.3 Å². The molecule has 2 unspecified atom stereocenters. The number of halogens is 4. The van der Waals surface area contributed by atoms with Crippen LogP contribution in [0, 0.1) is 0 Å². The van der Waals surface area contributed by atoms with Crippen LogP contribution >= 0.6 is 46.4 Å². The van der Waals surface area contributed by atoms with Crippen LogP contribution in [0.15, 0.2) is 41.4 Å². The Kier molecular flexibility index (Phi) is 6.81. The molecule has 3 rings (SSSR count). The van der Waals surface area contributed by atoms with Crippen molar-refractivity contribution in [3.8, 4) is 0 Å². The van der Waals surface area contributed by atoms with E-state index >= 15 is 0 Å². The number of ether oxygens (including phenoxy) is 2. The first kappa shape index (κ1) is 22.0. The number of nitrogens with zero attached hydrogens (tertiary/aromatic N) is 1. The predicted molar refractivity (Wildman–Crippen MR) is 114 cm³/mol. The minimum Gasteiger partial charge on any atom is -0.468 e. The van der Waals surface area contributed by atoms with Gasteiger partial charge in [-0.15, -0.1) is 0 Å². The van der Waals surface area contributed by atoms with Crippen LogP contribution in [0.3, 0.4) is 0 Å². The topological polar surface area (TPSA) is 80.2 Å². The summed E-state index contributed by atoms with van der Waals surface area (Å²) in [5.74, 6) is 0.177. The van der Waals surface area contributed by atoms with E-state index in [9.17, 15) is 4.79 Å². The van der Waals surface area contributed by atoms with E-state index in [-0.39, 0.29) is 39.1 Å². The Labute approximate surface area is 187 Å². The van der Waals surface area contributed by atoms with Crippen molar-refractivity contribution in [2.45, 2.75) is 11.6 Å². The fourth-order valence-electron chi connectivity index (χ4n) is 3.24. The number of amides is 1. The first-order valence-electron chi connectivity index (χ1n) is 8.39. The van der Waals surface area contributed by atoms with Crippen molar-refractivity contribution >= 4 is 58.4 Å². The molecule has 154 valence electrons. The summed E-state index contributed by atoms with van der Waals surface area (Å²) in [5, 5.41) is 11.8. The number of rotatable bonds is 6. The number of hydrogen-bond donors (Lipinski definition) is 2. The number of methoxy groups -OCH3 is 1. The van der Waals surface area contributed by atoms with Crippen LogP contribution in [-0.2, 0) is 15.0 Å². The Hall–Kier alpha value is -1.70. The Morgan fingerprint density at radius 1 is 1.21 bits per heavy atom. The number of hydrogen-bond acceptors (Lipinski definition) is 4. The lowest BCUT2D eigenvalue weighted by atomic mass is 9.82. The molecule has 0 aromatic heterocycles. The third kappa shape index (κ3) is 4.27. The van der Waals surface area contributed by atoms with Crippen LogP contribution in [0.25, 0.3) is 0 Å². The molecule has 2 aromatic carbocycles. The lowest BCUT2D eigenvalue weighted by Crippen LogP contribution is -2.34. The molecule has 0 fully saturated rings. The average Bonchev–Trinajstić information content (AvgIpc) is 3.08. The summed E-state index contributed by atoms with van der Waals surface area (Å²) in [6.45, 7) is -0.0616. The maximum Gasteiger partial charge on any atom is 0.405 e. The Balaban J connectivity index is 2.21. The van der Waals surface area contributed by atoms with E-state index in [0.717, 1.165) is 5.56 Å². The van der Waals surface area contributed by atoms with Gasteiger partial charge in [-0.2, -0.15) is 0 Å². The molecule has 0 saturated heterocycles. The van der Waals surface area contributed by atoms with Gasteiger partial charge in [-0.25, -0.2) is 9.79 Å². The highest BCUT2D eigenvalue weighted by Crippen LogP contribution is 2.51. The highest BCUT2D eigenvalue weighted by molar-refractivity contribution is 6.52. The zero-order valence-corrected chi connectivity index (χ0v) is 18.1. The predicted octanol–water partition coefficient (Wildman–Crippen LogP) is 5.58. The van der Waals surface area contributed by atoms with Crippen molar-refractivity contribution in [1.29, 1.82) is 0 Å². The molecule has 10 heteroatoms. The summed E-state index contributed by atoms with van der Waals surface area (Å²) in [4.78, 5) is 15.6. The van der Waals surface area contributed by atoms with Gasteiger partial charge < -0.3 is 19.9 Å². The fourth-order valence-corrected chi connectivity index (χ4v) is 4.21. The number of benzene rings is 2. The molecule has 0 bridgehead atoms. The number of carbonyl (C=O) groups is 1. The summed E-state index contributed by atoms with van der Waals surface area (Å²) >= 11 is 25.2. The molecule has 0 radical (unpaired) electrons. The molecular formula is C19H16Cl4N2O4. The molecule has 0 spiro atoms. The van der Waals surface area contributed by atoms with Gasteiger partial charge in [0.2, 0.25) is 5.90 Å². The summed E-state index contributed by atoms with van der Waals surface area (Å²) in [5.41, 5.74) is 0.0806. The van der Waals surface area contributed by atoms with Gasteiger partial charge >= 0.3 is 6.09 Å². The van der Waals surface area contributed by atoms with E-state index < -0.39 is 17.7 Å². The lowest BCUT2D eigenvalue weighted by Gasteiger charge is -2.32. The largest absolute Gasteiger partial charge is 0.468 e. The van der Waals surface area contributed by atoms with Crippen LogP contribution in [-0.4, -0.2) is 37.4 Å². The third-order valence-electron chi connectivity index (χ3n) is 4.44. The van der Waals surface area contributed by atoms with Crippen LogP contribution in [0.1, 0.15) is 17.2 Å². The van der Waals surface area contributed by atoms with Gasteiger partial charge in [0.05, 0.1) is 33.2 Å². The van der Waals surface area contributed by atoms with Crippen molar-refractivity contribution < 1.29 is 19.4 Å². The summed E-state index contributed by atoms with van der Waals surface area (Å²) < 4.78 is 11.5. The first-order valence-corrected chi connectivity index (χ1v) is 9.91. The van der Waals surface area contributed by atoms with E-state index in [1.165, 1.54) is 7.11 Å². The molecule has 1 heterocycles. The van der Waals surface area contributed by atoms with Gasteiger partial charge in [-0.1, -0.05) is 76.7 Å². The van der Waals surface area contributed by atoms with Crippen LogP contribution in [0.5, 0.6) is 0 Å². The molecule has 2 aromatic rings. The van der Waals surface area contributed by atoms with Crippen molar-refractivity contribution in [2.24, 2.45) is 4.99 Å². The Bertz CT molecular complexity index is 955.